The lowest BCUT2D eigenvalue weighted by molar-refractivity contribution is -0.149. The molecule has 6 heteroatoms. The third kappa shape index (κ3) is 3.31. The second kappa shape index (κ2) is 6.50. The maximum atomic E-state index is 12.8. The van der Waals surface area contributed by atoms with Crippen molar-refractivity contribution in [1.82, 2.24) is 10.1 Å². The van der Waals surface area contributed by atoms with Gasteiger partial charge in [0.15, 0.2) is 5.82 Å². The van der Waals surface area contributed by atoms with E-state index in [2.05, 4.69) is 17.4 Å². The zero-order chi connectivity index (χ0) is 16.3. The summed E-state index contributed by atoms with van der Waals surface area (Å²) in [5.74, 6) is 0.485. The lowest BCUT2D eigenvalue weighted by atomic mass is 9.87. The summed E-state index contributed by atoms with van der Waals surface area (Å²) in [5.41, 5.74) is -1.13. The molecule has 0 radical (unpaired) electrons. The molecule has 0 saturated carbocycles. The number of rotatable bonds is 4. The predicted octanol–water partition coefficient (Wildman–Crippen LogP) is 2.74. The summed E-state index contributed by atoms with van der Waals surface area (Å²) in [5, 5.41) is 6.40. The van der Waals surface area contributed by atoms with Gasteiger partial charge >= 0.3 is 0 Å². The lowest BCUT2D eigenvalue weighted by Gasteiger charge is -2.39. The zero-order valence-electron chi connectivity index (χ0n) is 13.8. The molecule has 1 N–H and O–H groups in total. The Balaban J connectivity index is 2.10. The van der Waals surface area contributed by atoms with Crippen molar-refractivity contribution in [2.24, 2.45) is 5.41 Å². The summed E-state index contributed by atoms with van der Waals surface area (Å²) in [6.07, 6.45) is 4.09. The number of piperidine rings is 1. The van der Waals surface area contributed by atoms with Gasteiger partial charge in [0.2, 0.25) is 11.8 Å². The number of nitrogens with zero attached hydrogens (tertiary/aromatic N) is 2. The molecule has 1 atom stereocenters. The van der Waals surface area contributed by atoms with Crippen molar-refractivity contribution in [2.45, 2.75) is 59.4 Å². The largest absolute Gasteiger partial charge is 0.360 e. The van der Waals surface area contributed by atoms with Gasteiger partial charge in [-0.3, -0.25) is 9.59 Å². The molecule has 1 aliphatic rings. The van der Waals surface area contributed by atoms with E-state index in [0.29, 0.717) is 11.6 Å². The van der Waals surface area contributed by atoms with Crippen LogP contribution in [0.4, 0.5) is 5.82 Å². The Morgan fingerprint density at radius 3 is 2.77 bits per heavy atom. The number of anilines is 1. The SMILES string of the molecule is CCC1CCCCN1C(=O)C(C)(C)C(=O)Nc1cc(C)on1. The molecule has 1 unspecified atom stereocenters. The Labute approximate surface area is 131 Å². The Bertz CT molecular complexity index is 551. The fourth-order valence-electron chi connectivity index (χ4n) is 2.85. The van der Waals surface area contributed by atoms with E-state index in [1.165, 1.54) is 0 Å². The summed E-state index contributed by atoms with van der Waals surface area (Å²) in [6.45, 7) is 7.90. The van der Waals surface area contributed by atoms with Crippen LogP contribution in [-0.2, 0) is 9.59 Å². The van der Waals surface area contributed by atoms with E-state index in [0.717, 1.165) is 32.2 Å². The van der Waals surface area contributed by atoms with Crippen LogP contribution in [0.5, 0.6) is 0 Å². The third-order valence-corrected chi connectivity index (χ3v) is 4.33. The molecule has 2 rings (SSSR count). The number of likely N-dealkylation sites (tertiary alicyclic amines) is 1. The van der Waals surface area contributed by atoms with Gasteiger partial charge in [0.25, 0.3) is 0 Å². The fourth-order valence-corrected chi connectivity index (χ4v) is 2.85. The van der Waals surface area contributed by atoms with Crippen LogP contribution in [0.15, 0.2) is 10.6 Å². The van der Waals surface area contributed by atoms with Gasteiger partial charge in [0.05, 0.1) is 0 Å². The molecular formula is C16H25N3O3. The Morgan fingerprint density at radius 1 is 1.45 bits per heavy atom. The van der Waals surface area contributed by atoms with Crippen molar-refractivity contribution in [3.05, 3.63) is 11.8 Å². The molecule has 0 aliphatic carbocycles. The van der Waals surface area contributed by atoms with Crippen LogP contribution >= 0.6 is 0 Å². The second-order valence-corrected chi connectivity index (χ2v) is 6.46. The van der Waals surface area contributed by atoms with Gasteiger partial charge in [-0.2, -0.15) is 0 Å². The number of amides is 2. The maximum Gasteiger partial charge on any atom is 0.240 e. The minimum absolute atomic E-state index is 0.114. The second-order valence-electron chi connectivity index (χ2n) is 6.46. The zero-order valence-corrected chi connectivity index (χ0v) is 13.8. The van der Waals surface area contributed by atoms with Crippen molar-refractivity contribution < 1.29 is 14.1 Å². The molecule has 2 heterocycles. The van der Waals surface area contributed by atoms with Crippen LogP contribution in [-0.4, -0.2) is 34.5 Å². The highest BCUT2D eigenvalue weighted by atomic mass is 16.5. The summed E-state index contributed by atoms with van der Waals surface area (Å²) in [6, 6.07) is 1.87. The van der Waals surface area contributed by atoms with Gasteiger partial charge in [-0.25, -0.2) is 0 Å². The lowest BCUT2D eigenvalue weighted by Crippen LogP contribution is -2.52. The van der Waals surface area contributed by atoms with E-state index in [4.69, 9.17) is 4.52 Å². The van der Waals surface area contributed by atoms with Crippen molar-refractivity contribution in [3.63, 3.8) is 0 Å². The van der Waals surface area contributed by atoms with Gasteiger partial charge in [-0.05, 0) is 46.5 Å². The molecule has 1 saturated heterocycles. The Kier molecular flexibility index (Phi) is 4.88. The van der Waals surface area contributed by atoms with E-state index in [-0.39, 0.29) is 17.9 Å². The van der Waals surface area contributed by atoms with Crippen molar-refractivity contribution in [3.8, 4) is 0 Å². The van der Waals surface area contributed by atoms with E-state index in [9.17, 15) is 9.59 Å². The average molecular weight is 307 g/mol. The molecule has 2 amide bonds. The minimum Gasteiger partial charge on any atom is -0.360 e. The molecule has 22 heavy (non-hydrogen) atoms. The molecule has 0 aromatic carbocycles. The summed E-state index contributed by atoms with van der Waals surface area (Å²) in [7, 11) is 0. The average Bonchev–Trinajstić information content (AvgIpc) is 2.91. The van der Waals surface area contributed by atoms with Crippen LogP contribution in [0.1, 0.15) is 52.2 Å². The van der Waals surface area contributed by atoms with E-state index < -0.39 is 5.41 Å². The molecule has 6 nitrogen and oxygen atoms in total. The van der Waals surface area contributed by atoms with Gasteiger partial charge in [0.1, 0.15) is 11.2 Å². The molecule has 0 spiro atoms. The highest BCUT2D eigenvalue weighted by Gasteiger charge is 2.41. The quantitative estimate of drug-likeness (QED) is 0.868. The van der Waals surface area contributed by atoms with E-state index >= 15 is 0 Å². The molecular weight excluding hydrogens is 282 g/mol. The highest BCUT2D eigenvalue weighted by Crippen LogP contribution is 2.28. The number of carbonyl (C=O) groups is 2. The van der Waals surface area contributed by atoms with Crippen LogP contribution in [0.25, 0.3) is 0 Å². The third-order valence-electron chi connectivity index (χ3n) is 4.33. The smallest absolute Gasteiger partial charge is 0.240 e. The topological polar surface area (TPSA) is 75.4 Å². The number of carbonyl (C=O) groups excluding carboxylic acids is 2. The predicted molar refractivity (Wildman–Crippen MR) is 83.3 cm³/mol. The van der Waals surface area contributed by atoms with Crippen LogP contribution in [0.3, 0.4) is 0 Å². The summed E-state index contributed by atoms with van der Waals surface area (Å²) >= 11 is 0. The van der Waals surface area contributed by atoms with Crippen LogP contribution < -0.4 is 5.32 Å². The number of nitrogens with one attached hydrogen (secondary N) is 1. The molecule has 1 aliphatic heterocycles. The monoisotopic (exact) mass is 307 g/mol. The van der Waals surface area contributed by atoms with Crippen LogP contribution in [0.2, 0.25) is 0 Å². The number of aryl methyl sites for hydroxylation is 1. The normalized spacial score (nSPS) is 19.1. The Morgan fingerprint density at radius 2 is 2.18 bits per heavy atom. The number of aromatic nitrogens is 1. The molecule has 122 valence electrons. The van der Waals surface area contributed by atoms with Crippen molar-refractivity contribution >= 4 is 17.6 Å². The highest BCUT2D eigenvalue weighted by molar-refractivity contribution is 6.09. The minimum atomic E-state index is -1.13. The number of hydrogen-bond donors (Lipinski definition) is 1. The fraction of sp³-hybridized carbons (Fsp3) is 0.688. The molecule has 1 fully saturated rings. The van der Waals surface area contributed by atoms with E-state index in [1.807, 2.05) is 4.90 Å². The maximum absolute atomic E-state index is 12.8. The van der Waals surface area contributed by atoms with Gasteiger partial charge in [-0.15, -0.1) is 0 Å². The first-order chi connectivity index (χ1) is 10.4. The van der Waals surface area contributed by atoms with Gasteiger partial charge < -0.3 is 14.7 Å². The first-order valence-electron chi connectivity index (χ1n) is 7.92. The van der Waals surface area contributed by atoms with E-state index in [1.54, 1.807) is 26.8 Å². The van der Waals surface area contributed by atoms with Gasteiger partial charge in [0, 0.05) is 18.7 Å². The standard InChI is InChI=1S/C16H25N3O3/c1-5-12-8-6-7-9-19(12)15(21)16(3,4)14(20)17-13-10-11(2)22-18-13/h10,12H,5-9H2,1-4H3,(H,17,18,20). The van der Waals surface area contributed by atoms with Crippen LogP contribution in [0, 0.1) is 12.3 Å². The first kappa shape index (κ1) is 16.5. The number of hydrogen-bond acceptors (Lipinski definition) is 4. The molecule has 1 aromatic rings. The summed E-state index contributed by atoms with van der Waals surface area (Å²) < 4.78 is 4.93. The summed E-state index contributed by atoms with van der Waals surface area (Å²) in [4.78, 5) is 27.2. The Hall–Kier alpha value is -1.85. The van der Waals surface area contributed by atoms with Crippen molar-refractivity contribution in [1.29, 1.82) is 0 Å². The van der Waals surface area contributed by atoms with Gasteiger partial charge in [-0.1, -0.05) is 12.1 Å². The molecule has 1 aromatic heterocycles. The van der Waals surface area contributed by atoms with Crippen molar-refractivity contribution in [2.75, 3.05) is 11.9 Å². The first-order valence-corrected chi connectivity index (χ1v) is 7.92. The molecule has 0 bridgehead atoms.